The molecule has 0 bridgehead atoms. The van der Waals surface area contributed by atoms with Gasteiger partial charge in [0.15, 0.2) is 0 Å². The van der Waals surface area contributed by atoms with Gasteiger partial charge in [-0.25, -0.2) is 4.98 Å². The van der Waals surface area contributed by atoms with E-state index in [2.05, 4.69) is 28.2 Å². The van der Waals surface area contributed by atoms with Gasteiger partial charge < -0.3 is 4.90 Å². The van der Waals surface area contributed by atoms with Crippen molar-refractivity contribution in [1.29, 1.82) is 0 Å². The predicted molar refractivity (Wildman–Crippen MR) is 94.6 cm³/mol. The molecule has 0 atom stereocenters. The highest BCUT2D eigenvalue weighted by Crippen LogP contribution is 2.24. The Morgan fingerprint density at radius 2 is 1.92 bits per heavy atom. The van der Waals surface area contributed by atoms with Crippen molar-refractivity contribution in [3.8, 4) is 10.6 Å². The maximum absolute atomic E-state index is 12.6. The number of hydrogen-bond acceptors (Lipinski definition) is 4. The lowest BCUT2D eigenvalue weighted by molar-refractivity contribution is -0.131. The summed E-state index contributed by atoms with van der Waals surface area (Å²) < 4.78 is 0. The fourth-order valence-corrected chi connectivity index (χ4v) is 3.82. The second kappa shape index (κ2) is 6.53. The highest BCUT2D eigenvalue weighted by Gasteiger charge is 2.21. The van der Waals surface area contributed by atoms with E-state index in [1.165, 1.54) is 11.1 Å². The van der Waals surface area contributed by atoms with Gasteiger partial charge in [-0.15, -0.1) is 11.3 Å². The van der Waals surface area contributed by atoms with Crippen molar-refractivity contribution in [1.82, 2.24) is 14.9 Å². The molecule has 1 amide bonds. The van der Waals surface area contributed by atoms with E-state index in [4.69, 9.17) is 0 Å². The van der Waals surface area contributed by atoms with Crippen LogP contribution in [0.3, 0.4) is 0 Å². The first-order chi connectivity index (χ1) is 11.8. The number of amides is 1. The zero-order valence-electron chi connectivity index (χ0n) is 13.2. The summed E-state index contributed by atoms with van der Waals surface area (Å²) in [5, 5.41) is 2.91. The summed E-state index contributed by atoms with van der Waals surface area (Å²) >= 11 is 1.57. The predicted octanol–water partition coefficient (Wildman–Crippen LogP) is 3.33. The lowest BCUT2D eigenvalue weighted by Gasteiger charge is -2.28. The van der Waals surface area contributed by atoms with Gasteiger partial charge in [0.05, 0.1) is 12.1 Å². The summed E-state index contributed by atoms with van der Waals surface area (Å²) in [6.07, 6.45) is 4.81. The Kier molecular flexibility index (Phi) is 4.09. The molecule has 4 rings (SSSR count). The molecule has 3 heterocycles. The third-order valence-electron chi connectivity index (χ3n) is 4.29. The van der Waals surface area contributed by atoms with E-state index >= 15 is 0 Å². The monoisotopic (exact) mass is 335 g/mol. The third-order valence-corrected chi connectivity index (χ3v) is 5.23. The lowest BCUT2D eigenvalue weighted by Crippen LogP contribution is -2.36. The molecule has 1 aliphatic rings. The van der Waals surface area contributed by atoms with Crippen molar-refractivity contribution < 1.29 is 4.79 Å². The van der Waals surface area contributed by atoms with Crippen molar-refractivity contribution in [2.24, 2.45) is 0 Å². The van der Waals surface area contributed by atoms with Gasteiger partial charge in [0, 0.05) is 36.4 Å². The molecule has 0 fully saturated rings. The number of pyridine rings is 1. The van der Waals surface area contributed by atoms with Gasteiger partial charge in [0.1, 0.15) is 5.01 Å². The molecule has 0 radical (unpaired) electrons. The molecule has 24 heavy (non-hydrogen) atoms. The molecule has 3 aromatic rings. The molecule has 120 valence electrons. The quantitative estimate of drug-likeness (QED) is 0.737. The van der Waals surface area contributed by atoms with Gasteiger partial charge in [-0.3, -0.25) is 9.78 Å². The zero-order chi connectivity index (χ0) is 16.4. The summed E-state index contributed by atoms with van der Waals surface area (Å²) in [5.74, 6) is 0.149. The van der Waals surface area contributed by atoms with E-state index in [9.17, 15) is 4.79 Å². The topological polar surface area (TPSA) is 46.1 Å². The van der Waals surface area contributed by atoms with E-state index in [-0.39, 0.29) is 5.91 Å². The van der Waals surface area contributed by atoms with E-state index in [0.717, 1.165) is 29.2 Å². The summed E-state index contributed by atoms with van der Waals surface area (Å²) in [4.78, 5) is 23.2. The zero-order valence-corrected chi connectivity index (χ0v) is 14.0. The van der Waals surface area contributed by atoms with Crippen LogP contribution in [0, 0.1) is 0 Å². The van der Waals surface area contributed by atoms with Crippen molar-refractivity contribution in [3.05, 3.63) is 71.0 Å². The third kappa shape index (κ3) is 3.08. The smallest absolute Gasteiger partial charge is 0.228 e. The highest BCUT2D eigenvalue weighted by atomic mass is 32.1. The maximum atomic E-state index is 12.6. The molecule has 0 aliphatic carbocycles. The van der Waals surface area contributed by atoms with Crippen LogP contribution in [0.15, 0.2) is 54.2 Å². The maximum Gasteiger partial charge on any atom is 0.228 e. The van der Waals surface area contributed by atoms with E-state index in [0.29, 0.717) is 13.0 Å². The van der Waals surface area contributed by atoms with Gasteiger partial charge in [-0.1, -0.05) is 24.3 Å². The van der Waals surface area contributed by atoms with Crippen LogP contribution in [0.5, 0.6) is 0 Å². The Morgan fingerprint density at radius 1 is 1.12 bits per heavy atom. The van der Waals surface area contributed by atoms with Crippen molar-refractivity contribution >= 4 is 17.2 Å². The first-order valence-electron chi connectivity index (χ1n) is 7.99. The van der Waals surface area contributed by atoms with Gasteiger partial charge in [0.25, 0.3) is 0 Å². The summed E-state index contributed by atoms with van der Waals surface area (Å²) in [7, 11) is 0. The van der Waals surface area contributed by atoms with Gasteiger partial charge in [-0.2, -0.15) is 0 Å². The number of aromatic nitrogens is 2. The minimum absolute atomic E-state index is 0.149. The Hall–Kier alpha value is -2.53. The molecular weight excluding hydrogens is 318 g/mol. The van der Waals surface area contributed by atoms with Crippen LogP contribution >= 0.6 is 11.3 Å². The molecular formula is C19H17N3OS. The Balaban J connectivity index is 1.45. The summed E-state index contributed by atoms with van der Waals surface area (Å²) in [6, 6.07) is 12.2. The van der Waals surface area contributed by atoms with E-state index in [1.54, 1.807) is 23.7 Å². The van der Waals surface area contributed by atoms with Crippen LogP contribution in [0.1, 0.15) is 16.8 Å². The van der Waals surface area contributed by atoms with E-state index < -0.39 is 0 Å². The minimum atomic E-state index is 0.149. The van der Waals surface area contributed by atoms with Crippen LogP contribution in [-0.4, -0.2) is 27.3 Å². The molecule has 0 saturated heterocycles. The molecule has 2 aromatic heterocycles. The molecule has 1 aliphatic heterocycles. The SMILES string of the molecule is O=C(Cc1csc(-c2ccncc2)n1)N1CCc2ccccc2C1. The Bertz CT molecular complexity index is 860. The summed E-state index contributed by atoms with van der Waals surface area (Å²) in [6.45, 7) is 1.49. The van der Waals surface area contributed by atoms with E-state index in [1.807, 2.05) is 28.5 Å². The number of benzene rings is 1. The fourth-order valence-electron chi connectivity index (χ4n) is 2.99. The van der Waals surface area contributed by atoms with Gasteiger partial charge in [-0.05, 0) is 29.7 Å². The first kappa shape index (κ1) is 15.0. The van der Waals surface area contributed by atoms with Gasteiger partial charge >= 0.3 is 0 Å². The number of nitrogens with zero attached hydrogens (tertiary/aromatic N) is 3. The van der Waals surface area contributed by atoms with Crippen molar-refractivity contribution in [2.75, 3.05) is 6.54 Å². The van der Waals surface area contributed by atoms with Crippen LogP contribution < -0.4 is 0 Å². The molecule has 5 heteroatoms. The molecule has 0 unspecified atom stereocenters. The van der Waals surface area contributed by atoms with Gasteiger partial charge in [0.2, 0.25) is 5.91 Å². The average molecular weight is 335 g/mol. The largest absolute Gasteiger partial charge is 0.338 e. The molecule has 4 nitrogen and oxygen atoms in total. The molecule has 0 spiro atoms. The number of fused-ring (bicyclic) bond motifs is 1. The molecule has 1 aromatic carbocycles. The normalized spacial score (nSPS) is 13.6. The minimum Gasteiger partial charge on any atom is -0.338 e. The fraction of sp³-hybridized carbons (Fsp3) is 0.211. The number of carbonyl (C=O) groups is 1. The molecule has 0 saturated carbocycles. The van der Waals surface area contributed by atoms with Crippen molar-refractivity contribution in [3.63, 3.8) is 0 Å². The van der Waals surface area contributed by atoms with Crippen LogP contribution in [0.4, 0.5) is 0 Å². The number of thiazole rings is 1. The highest BCUT2D eigenvalue weighted by molar-refractivity contribution is 7.13. The lowest BCUT2D eigenvalue weighted by atomic mass is 10.00. The number of rotatable bonds is 3. The second-order valence-electron chi connectivity index (χ2n) is 5.89. The number of carbonyl (C=O) groups excluding carboxylic acids is 1. The Labute approximate surface area is 144 Å². The first-order valence-corrected chi connectivity index (χ1v) is 8.87. The van der Waals surface area contributed by atoms with Crippen LogP contribution in [0.2, 0.25) is 0 Å². The number of hydrogen-bond donors (Lipinski definition) is 0. The average Bonchev–Trinajstić information content (AvgIpc) is 3.10. The Morgan fingerprint density at radius 3 is 2.75 bits per heavy atom. The standard InChI is InChI=1S/C19H17N3OS/c23-18(22-10-7-14-3-1-2-4-16(14)12-22)11-17-13-24-19(21-17)15-5-8-20-9-6-15/h1-6,8-9,13H,7,10-12H2. The second-order valence-corrected chi connectivity index (χ2v) is 6.75. The molecule has 0 N–H and O–H groups in total. The van der Waals surface area contributed by atoms with Crippen LogP contribution in [-0.2, 0) is 24.2 Å². The van der Waals surface area contributed by atoms with Crippen molar-refractivity contribution in [2.45, 2.75) is 19.4 Å². The van der Waals surface area contributed by atoms with Crippen LogP contribution in [0.25, 0.3) is 10.6 Å². The summed E-state index contributed by atoms with van der Waals surface area (Å²) in [5.41, 5.74) is 4.50.